The molecule has 0 aromatic rings. The summed E-state index contributed by atoms with van der Waals surface area (Å²) in [6.45, 7) is 2.79. The Morgan fingerprint density at radius 1 is 1.88 bits per heavy atom. The first kappa shape index (κ1) is 8.86. The Bertz CT molecular complexity index is 82.5. The maximum atomic E-state index is 4.80. The smallest absolute Gasteiger partial charge is 0.0710 e. The summed E-state index contributed by atoms with van der Waals surface area (Å²) >= 11 is 2.30. The quantitative estimate of drug-likeness (QED) is 0.320. The fourth-order valence-corrected chi connectivity index (χ4v) is 1.34. The molecule has 0 aromatic carbocycles. The molecule has 0 radical (unpaired) electrons. The lowest BCUT2D eigenvalue weighted by molar-refractivity contribution is 0.413. The van der Waals surface area contributed by atoms with E-state index in [1.807, 2.05) is 0 Å². The van der Waals surface area contributed by atoms with E-state index in [4.69, 9.17) is 4.52 Å². The Hall–Kier alpha value is 0.860. The second-order valence-corrected chi connectivity index (χ2v) is 2.73. The maximum absolute atomic E-state index is 4.80. The van der Waals surface area contributed by atoms with Crippen LogP contribution >= 0.6 is 32.1 Å². The minimum atomic E-state index is 0.730. The second kappa shape index (κ2) is 5.99. The van der Waals surface area contributed by atoms with Crippen molar-refractivity contribution in [1.29, 1.82) is 0 Å². The highest BCUT2D eigenvalue weighted by atomic mass is 127. The number of rotatable bonds is 3. The molecule has 0 saturated heterocycles. The molecule has 0 fully saturated rings. The molecule has 3 heteroatoms. The van der Waals surface area contributed by atoms with Crippen molar-refractivity contribution < 1.29 is 4.52 Å². The lowest BCUT2D eigenvalue weighted by Crippen LogP contribution is -1.84. The Kier molecular flexibility index (Phi) is 6.63. The minimum Gasteiger partial charge on any atom is -0.361 e. The number of hydrogen-bond donors (Lipinski definition) is 0. The van der Waals surface area contributed by atoms with Gasteiger partial charge in [0.2, 0.25) is 0 Å². The van der Waals surface area contributed by atoms with E-state index in [9.17, 15) is 0 Å². The molecule has 8 heavy (non-hydrogen) atoms. The lowest BCUT2D eigenvalue weighted by atomic mass is 10.3. The molecule has 1 nitrogen and oxygen atoms in total. The highest BCUT2D eigenvalue weighted by Crippen LogP contribution is 1.97. The van der Waals surface area contributed by atoms with Gasteiger partial charge in [0, 0.05) is 13.9 Å². The summed E-state index contributed by atoms with van der Waals surface area (Å²) in [6, 6.07) is 0. The van der Waals surface area contributed by atoms with E-state index in [0.29, 0.717) is 0 Å². The Morgan fingerprint density at radius 2 is 2.50 bits per heavy atom. The number of alkyl halides is 1. The van der Waals surface area contributed by atoms with Crippen molar-refractivity contribution in [3.8, 4) is 0 Å². The zero-order valence-corrected chi connectivity index (χ0v) is 8.17. The van der Waals surface area contributed by atoms with Gasteiger partial charge in [0.1, 0.15) is 0 Å². The summed E-state index contributed by atoms with van der Waals surface area (Å²) in [6.07, 6.45) is 2.14. The summed E-state index contributed by atoms with van der Waals surface area (Å²) in [5.41, 5.74) is 1.29. The van der Waals surface area contributed by atoms with E-state index >= 15 is 0 Å². The molecule has 1 unspecified atom stereocenters. The first-order chi connectivity index (χ1) is 3.81. The molecular weight excluding hydrogens is 234 g/mol. The van der Waals surface area contributed by atoms with E-state index in [1.54, 1.807) is 0 Å². The number of hydrogen-bond acceptors (Lipinski definition) is 1. The number of halogens is 1. The normalized spacial score (nSPS) is 12.1. The van der Waals surface area contributed by atoms with Gasteiger partial charge in [0.25, 0.3) is 0 Å². The average molecular weight is 244 g/mol. The van der Waals surface area contributed by atoms with Crippen molar-refractivity contribution in [2.45, 2.75) is 6.92 Å². The Balaban J connectivity index is 3.29. The van der Waals surface area contributed by atoms with Gasteiger partial charge in [-0.3, -0.25) is 0 Å². The number of allylic oxidation sites excluding steroid dienone is 1. The Labute approximate surface area is 66.3 Å². The van der Waals surface area contributed by atoms with Gasteiger partial charge >= 0.3 is 0 Å². The summed E-state index contributed by atoms with van der Waals surface area (Å²) in [4.78, 5) is 0. The van der Waals surface area contributed by atoms with Crippen LogP contribution in [-0.2, 0) is 4.52 Å². The molecule has 0 aromatic heterocycles. The van der Waals surface area contributed by atoms with Gasteiger partial charge in [0.15, 0.2) is 0 Å². The summed E-state index contributed by atoms with van der Waals surface area (Å²) in [5, 5.41) is 0. The first-order valence-corrected chi connectivity index (χ1v) is 4.34. The van der Waals surface area contributed by atoms with Crippen LogP contribution in [0.2, 0.25) is 0 Å². The van der Waals surface area contributed by atoms with Gasteiger partial charge in [-0.15, -0.1) is 0 Å². The highest BCUT2D eigenvalue weighted by Gasteiger charge is 1.82. The molecule has 0 bridgehead atoms. The maximum Gasteiger partial charge on any atom is 0.0710 e. The molecule has 0 aliphatic carbocycles. The van der Waals surface area contributed by atoms with Crippen LogP contribution in [0.4, 0.5) is 0 Å². The SMILES string of the molecule is C/C(=C/CI)COP. The van der Waals surface area contributed by atoms with Crippen LogP contribution in [0, 0.1) is 0 Å². The molecule has 0 aliphatic rings. The van der Waals surface area contributed by atoms with Gasteiger partial charge < -0.3 is 4.52 Å². The standard InChI is InChI=1S/C5H10IOP/c1-5(2-3-6)4-7-8/h2H,3-4,8H2,1H3/b5-2-. The minimum absolute atomic E-state index is 0.730. The summed E-state index contributed by atoms with van der Waals surface area (Å²) in [7, 11) is 2.23. The fourth-order valence-electron chi connectivity index (χ4n) is 0.322. The zero-order valence-electron chi connectivity index (χ0n) is 4.86. The van der Waals surface area contributed by atoms with Gasteiger partial charge in [-0.1, -0.05) is 34.2 Å². The molecule has 0 aliphatic heterocycles. The second-order valence-electron chi connectivity index (χ2n) is 1.52. The monoisotopic (exact) mass is 244 g/mol. The largest absolute Gasteiger partial charge is 0.361 e. The van der Waals surface area contributed by atoms with Crippen LogP contribution in [0.3, 0.4) is 0 Å². The highest BCUT2D eigenvalue weighted by molar-refractivity contribution is 14.1. The molecule has 0 spiro atoms. The van der Waals surface area contributed by atoms with E-state index in [-0.39, 0.29) is 0 Å². The predicted octanol–water partition coefficient (Wildman–Crippen LogP) is 2.17. The fraction of sp³-hybridized carbons (Fsp3) is 0.600. The third kappa shape index (κ3) is 5.01. The molecule has 0 saturated carbocycles. The molecule has 48 valence electrons. The van der Waals surface area contributed by atoms with Crippen molar-refractivity contribution in [3.63, 3.8) is 0 Å². The third-order valence-electron chi connectivity index (χ3n) is 0.737. The topological polar surface area (TPSA) is 9.23 Å². The van der Waals surface area contributed by atoms with E-state index < -0.39 is 0 Å². The van der Waals surface area contributed by atoms with Gasteiger partial charge in [0.05, 0.1) is 6.61 Å². The summed E-state index contributed by atoms with van der Waals surface area (Å²) < 4.78 is 5.87. The molecule has 0 amide bonds. The third-order valence-corrected chi connectivity index (χ3v) is 1.34. The van der Waals surface area contributed by atoms with Crippen molar-refractivity contribution in [3.05, 3.63) is 11.6 Å². The average Bonchev–Trinajstić information content (AvgIpc) is 1.68. The van der Waals surface area contributed by atoms with Gasteiger partial charge in [-0.2, -0.15) is 0 Å². The van der Waals surface area contributed by atoms with Crippen LogP contribution < -0.4 is 0 Å². The van der Waals surface area contributed by atoms with Crippen LogP contribution in [0.25, 0.3) is 0 Å². The van der Waals surface area contributed by atoms with Crippen LogP contribution in [0.1, 0.15) is 6.92 Å². The van der Waals surface area contributed by atoms with Crippen molar-refractivity contribution >= 4 is 32.1 Å². The van der Waals surface area contributed by atoms with Crippen molar-refractivity contribution in [2.24, 2.45) is 0 Å². The predicted molar refractivity (Wildman–Crippen MR) is 48.3 cm³/mol. The molecule has 0 N–H and O–H groups in total. The van der Waals surface area contributed by atoms with E-state index in [1.165, 1.54) is 5.57 Å². The molecular formula is C5H10IOP. The molecule has 1 atom stereocenters. The van der Waals surface area contributed by atoms with Crippen LogP contribution in [0.5, 0.6) is 0 Å². The van der Waals surface area contributed by atoms with E-state index in [0.717, 1.165) is 11.0 Å². The lowest BCUT2D eigenvalue weighted by Gasteiger charge is -1.94. The zero-order chi connectivity index (χ0) is 6.41. The van der Waals surface area contributed by atoms with Crippen molar-refractivity contribution in [2.75, 3.05) is 11.0 Å². The first-order valence-electron chi connectivity index (χ1n) is 2.34. The van der Waals surface area contributed by atoms with Crippen LogP contribution in [-0.4, -0.2) is 11.0 Å². The van der Waals surface area contributed by atoms with E-state index in [2.05, 4.69) is 45.1 Å². The van der Waals surface area contributed by atoms with Gasteiger partial charge in [-0.05, 0) is 6.92 Å². The van der Waals surface area contributed by atoms with Gasteiger partial charge in [-0.25, -0.2) is 0 Å². The van der Waals surface area contributed by atoms with Crippen molar-refractivity contribution in [1.82, 2.24) is 0 Å². The van der Waals surface area contributed by atoms with Crippen LogP contribution in [0.15, 0.2) is 11.6 Å². The Morgan fingerprint density at radius 3 is 2.88 bits per heavy atom. The molecule has 0 rings (SSSR count). The summed E-state index contributed by atoms with van der Waals surface area (Å²) in [5.74, 6) is 0. The molecule has 0 heterocycles.